The summed E-state index contributed by atoms with van der Waals surface area (Å²) in [6.45, 7) is 3.64. The maximum atomic E-state index is 13.2. The number of hydrogen-bond donors (Lipinski definition) is 2. The van der Waals surface area contributed by atoms with Crippen LogP contribution in [0.15, 0.2) is 22.7 Å². The number of amides is 1. The van der Waals surface area contributed by atoms with E-state index >= 15 is 0 Å². The SMILES string of the molecule is CC(C)C(CO)NC(=O)c1cccc(F)c1Br. The molecule has 0 saturated carbocycles. The van der Waals surface area contributed by atoms with E-state index in [2.05, 4.69) is 21.2 Å². The zero-order valence-corrected chi connectivity index (χ0v) is 11.3. The molecule has 17 heavy (non-hydrogen) atoms. The first-order chi connectivity index (χ1) is 7.97. The monoisotopic (exact) mass is 303 g/mol. The van der Waals surface area contributed by atoms with E-state index in [-0.39, 0.29) is 28.6 Å². The quantitative estimate of drug-likeness (QED) is 0.897. The van der Waals surface area contributed by atoms with E-state index in [1.54, 1.807) is 0 Å². The van der Waals surface area contributed by atoms with Crippen molar-refractivity contribution in [2.24, 2.45) is 5.92 Å². The molecule has 0 saturated heterocycles. The Labute approximate surface area is 108 Å². The average molecular weight is 304 g/mol. The Hall–Kier alpha value is -0.940. The Kier molecular flexibility index (Phi) is 5.08. The zero-order chi connectivity index (χ0) is 13.0. The zero-order valence-electron chi connectivity index (χ0n) is 9.71. The smallest absolute Gasteiger partial charge is 0.252 e. The molecule has 1 atom stereocenters. The van der Waals surface area contributed by atoms with Crippen LogP contribution in [-0.2, 0) is 0 Å². The number of rotatable bonds is 4. The topological polar surface area (TPSA) is 49.3 Å². The van der Waals surface area contributed by atoms with E-state index < -0.39 is 11.7 Å². The van der Waals surface area contributed by atoms with Crippen LogP contribution in [0, 0.1) is 11.7 Å². The van der Waals surface area contributed by atoms with Gasteiger partial charge in [-0.1, -0.05) is 19.9 Å². The number of carbonyl (C=O) groups excluding carboxylic acids is 1. The Balaban J connectivity index is 2.86. The summed E-state index contributed by atoms with van der Waals surface area (Å²) in [7, 11) is 0. The lowest BCUT2D eigenvalue weighted by Crippen LogP contribution is -2.41. The van der Waals surface area contributed by atoms with Gasteiger partial charge in [0.25, 0.3) is 5.91 Å². The van der Waals surface area contributed by atoms with Gasteiger partial charge in [-0.3, -0.25) is 4.79 Å². The minimum atomic E-state index is -0.484. The van der Waals surface area contributed by atoms with E-state index in [4.69, 9.17) is 5.11 Å². The minimum absolute atomic E-state index is 0.108. The molecule has 94 valence electrons. The molecule has 0 bridgehead atoms. The molecule has 2 N–H and O–H groups in total. The van der Waals surface area contributed by atoms with Crippen molar-refractivity contribution in [2.45, 2.75) is 19.9 Å². The largest absolute Gasteiger partial charge is 0.394 e. The van der Waals surface area contributed by atoms with Gasteiger partial charge in [0, 0.05) is 0 Å². The lowest BCUT2D eigenvalue weighted by atomic mass is 10.0. The van der Waals surface area contributed by atoms with E-state index in [0.29, 0.717) is 0 Å². The molecule has 0 aliphatic carbocycles. The standard InChI is InChI=1S/C12H15BrFNO2/c1-7(2)10(6-16)15-12(17)8-4-3-5-9(14)11(8)13/h3-5,7,10,16H,6H2,1-2H3,(H,15,17). The lowest BCUT2D eigenvalue weighted by Gasteiger charge is -2.20. The van der Waals surface area contributed by atoms with Crippen LogP contribution in [0.2, 0.25) is 0 Å². The van der Waals surface area contributed by atoms with Gasteiger partial charge in [0.15, 0.2) is 0 Å². The summed E-state index contributed by atoms with van der Waals surface area (Å²) in [5.41, 5.74) is 0.226. The Morgan fingerprint density at radius 1 is 1.53 bits per heavy atom. The van der Waals surface area contributed by atoms with Crippen LogP contribution in [0.3, 0.4) is 0 Å². The Morgan fingerprint density at radius 3 is 2.71 bits per heavy atom. The van der Waals surface area contributed by atoms with Gasteiger partial charge in [-0.05, 0) is 34.0 Å². The highest BCUT2D eigenvalue weighted by Crippen LogP contribution is 2.20. The second kappa shape index (κ2) is 6.12. The van der Waals surface area contributed by atoms with Crippen molar-refractivity contribution in [3.63, 3.8) is 0 Å². The van der Waals surface area contributed by atoms with Crippen LogP contribution in [-0.4, -0.2) is 23.7 Å². The highest BCUT2D eigenvalue weighted by molar-refractivity contribution is 9.10. The van der Waals surface area contributed by atoms with E-state index in [1.165, 1.54) is 18.2 Å². The maximum Gasteiger partial charge on any atom is 0.252 e. The summed E-state index contributed by atoms with van der Waals surface area (Å²) in [5, 5.41) is 11.8. The minimum Gasteiger partial charge on any atom is -0.394 e. The van der Waals surface area contributed by atoms with Crippen LogP contribution in [0.25, 0.3) is 0 Å². The number of aliphatic hydroxyl groups is 1. The molecule has 0 aliphatic heterocycles. The summed E-state index contributed by atoms with van der Waals surface area (Å²) in [6.07, 6.45) is 0. The van der Waals surface area contributed by atoms with Gasteiger partial charge in [-0.2, -0.15) is 0 Å². The van der Waals surface area contributed by atoms with Crippen LogP contribution in [0.4, 0.5) is 4.39 Å². The number of carbonyl (C=O) groups is 1. The Bertz CT molecular complexity index is 409. The number of nitrogens with one attached hydrogen (secondary N) is 1. The summed E-state index contributed by atoms with van der Waals surface area (Å²) >= 11 is 3.03. The van der Waals surface area contributed by atoms with Gasteiger partial charge in [0.2, 0.25) is 0 Å². The van der Waals surface area contributed by atoms with Gasteiger partial charge in [0.05, 0.1) is 22.7 Å². The summed E-state index contributed by atoms with van der Waals surface area (Å²) in [4.78, 5) is 11.9. The first kappa shape index (κ1) is 14.1. The first-order valence-corrected chi connectivity index (χ1v) is 6.12. The fourth-order valence-corrected chi connectivity index (χ4v) is 1.79. The average Bonchev–Trinajstić information content (AvgIpc) is 2.28. The second-order valence-electron chi connectivity index (χ2n) is 4.11. The summed E-state index contributed by atoms with van der Waals surface area (Å²) in [5.74, 6) is -0.775. The van der Waals surface area contributed by atoms with Crippen molar-refractivity contribution in [3.05, 3.63) is 34.1 Å². The van der Waals surface area contributed by atoms with Crippen LogP contribution in [0.1, 0.15) is 24.2 Å². The predicted molar refractivity (Wildman–Crippen MR) is 67.3 cm³/mol. The van der Waals surface area contributed by atoms with Crippen molar-refractivity contribution in [1.82, 2.24) is 5.32 Å². The van der Waals surface area contributed by atoms with Crippen LogP contribution in [0.5, 0.6) is 0 Å². The molecule has 3 nitrogen and oxygen atoms in total. The fraction of sp³-hybridized carbons (Fsp3) is 0.417. The highest BCUT2D eigenvalue weighted by Gasteiger charge is 2.18. The van der Waals surface area contributed by atoms with E-state index in [1.807, 2.05) is 13.8 Å². The third-order valence-corrected chi connectivity index (χ3v) is 3.32. The van der Waals surface area contributed by atoms with Crippen molar-refractivity contribution in [3.8, 4) is 0 Å². The lowest BCUT2D eigenvalue weighted by molar-refractivity contribution is 0.0895. The first-order valence-electron chi connectivity index (χ1n) is 5.33. The molecule has 1 rings (SSSR count). The highest BCUT2D eigenvalue weighted by atomic mass is 79.9. The fourth-order valence-electron chi connectivity index (χ4n) is 1.35. The second-order valence-corrected chi connectivity index (χ2v) is 4.90. The van der Waals surface area contributed by atoms with Crippen molar-refractivity contribution in [2.75, 3.05) is 6.61 Å². The van der Waals surface area contributed by atoms with Gasteiger partial charge < -0.3 is 10.4 Å². The predicted octanol–water partition coefficient (Wildman–Crippen LogP) is 2.33. The summed E-state index contributed by atoms with van der Waals surface area (Å²) in [6, 6.07) is 3.93. The van der Waals surface area contributed by atoms with E-state index in [0.717, 1.165) is 0 Å². The molecule has 0 fully saturated rings. The third kappa shape index (κ3) is 3.51. The molecule has 0 radical (unpaired) electrons. The molecular weight excluding hydrogens is 289 g/mol. The molecule has 0 heterocycles. The Morgan fingerprint density at radius 2 is 2.18 bits per heavy atom. The van der Waals surface area contributed by atoms with Crippen molar-refractivity contribution >= 4 is 21.8 Å². The van der Waals surface area contributed by atoms with Gasteiger partial charge in [0.1, 0.15) is 5.82 Å². The number of hydrogen-bond acceptors (Lipinski definition) is 2. The van der Waals surface area contributed by atoms with Crippen LogP contribution < -0.4 is 5.32 Å². The summed E-state index contributed by atoms with van der Waals surface area (Å²) < 4.78 is 13.4. The van der Waals surface area contributed by atoms with Gasteiger partial charge in [-0.15, -0.1) is 0 Å². The molecule has 0 aliphatic rings. The van der Waals surface area contributed by atoms with E-state index in [9.17, 15) is 9.18 Å². The molecule has 0 spiro atoms. The molecule has 1 aromatic carbocycles. The van der Waals surface area contributed by atoms with Crippen LogP contribution >= 0.6 is 15.9 Å². The maximum absolute atomic E-state index is 13.2. The molecule has 1 unspecified atom stereocenters. The molecule has 0 aromatic heterocycles. The van der Waals surface area contributed by atoms with Gasteiger partial charge in [-0.25, -0.2) is 4.39 Å². The third-order valence-electron chi connectivity index (χ3n) is 2.51. The normalized spacial score (nSPS) is 12.6. The van der Waals surface area contributed by atoms with Gasteiger partial charge >= 0.3 is 0 Å². The molecule has 5 heteroatoms. The number of benzene rings is 1. The van der Waals surface area contributed by atoms with Crippen molar-refractivity contribution < 1.29 is 14.3 Å². The number of aliphatic hydroxyl groups excluding tert-OH is 1. The van der Waals surface area contributed by atoms with Crippen molar-refractivity contribution in [1.29, 1.82) is 0 Å². The molecule has 1 aromatic rings. The number of halogens is 2. The molecule has 1 amide bonds. The molecular formula is C12H15BrFNO2.